The van der Waals surface area contributed by atoms with Crippen molar-refractivity contribution >= 4 is 23.2 Å². The number of ether oxygens (including phenoxy) is 1. The third-order valence-corrected chi connectivity index (χ3v) is 4.22. The number of piperidine rings is 1. The van der Waals surface area contributed by atoms with Crippen LogP contribution < -0.4 is 10.2 Å². The van der Waals surface area contributed by atoms with E-state index < -0.39 is 0 Å². The summed E-state index contributed by atoms with van der Waals surface area (Å²) in [6.07, 6.45) is 3.78. The second-order valence-corrected chi connectivity index (χ2v) is 6.08. The van der Waals surface area contributed by atoms with Gasteiger partial charge < -0.3 is 19.9 Å². The Hall–Kier alpha value is -2.08. The molecule has 1 aliphatic heterocycles. The SMILES string of the molecule is COCCN(CC(=O)Nc1ccc(N2CCCCC2)cc1)C(C)=O. The van der Waals surface area contributed by atoms with Crippen LogP contribution in [0.25, 0.3) is 0 Å². The van der Waals surface area contributed by atoms with Crippen molar-refractivity contribution in [2.75, 3.05) is 50.1 Å². The van der Waals surface area contributed by atoms with E-state index in [1.54, 1.807) is 7.11 Å². The predicted octanol–water partition coefficient (Wildman–Crippen LogP) is 2.11. The van der Waals surface area contributed by atoms with Gasteiger partial charge in [-0.25, -0.2) is 0 Å². The molecule has 24 heavy (non-hydrogen) atoms. The van der Waals surface area contributed by atoms with Crippen LogP contribution in [0.3, 0.4) is 0 Å². The summed E-state index contributed by atoms with van der Waals surface area (Å²) in [7, 11) is 1.57. The van der Waals surface area contributed by atoms with Crippen LogP contribution in [0.1, 0.15) is 26.2 Å². The van der Waals surface area contributed by atoms with Crippen molar-refractivity contribution in [1.29, 1.82) is 0 Å². The summed E-state index contributed by atoms with van der Waals surface area (Å²) in [6.45, 7) is 4.50. The molecule has 1 fully saturated rings. The van der Waals surface area contributed by atoms with Crippen molar-refractivity contribution in [3.63, 3.8) is 0 Å². The van der Waals surface area contributed by atoms with E-state index in [2.05, 4.69) is 10.2 Å². The Morgan fingerprint density at radius 3 is 2.42 bits per heavy atom. The number of rotatable bonds is 7. The molecule has 0 aliphatic carbocycles. The highest BCUT2D eigenvalue weighted by atomic mass is 16.5. The van der Waals surface area contributed by atoms with Gasteiger partial charge in [-0.15, -0.1) is 0 Å². The lowest BCUT2D eigenvalue weighted by Gasteiger charge is -2.28. The number of amides is 2. The fourth-order valence-corrected chi connectivity index (χ4v) is 2.83. The Bertz CT molecular complexity index is 539. The number of nitrogens with one attached hydrogen (secondary N) is 1. The van der Waals surface area contributed by atoms with Crippen molar-refractivity contribution in [1.82, 2.24) is 4.90 Å². The first kappa shape index (κ1) is 18.3. The molecule has 0 aromatic heterocycles. The number of hydrogen-bond donors (Lipinski definition) is 1. The lowest BCUT2D eigenvalue weighted by atomic mass is 10.1. The minimum Gasteiger partial charge on any atom is -0.383 e. The Labute approximate surface area is 143 Å². The first-order valence-electron chi connectivity index (χ1n) is 8.49. The molecular weight excluding hydrogens is 306 g/mol. The molecule has 1 aliphatic rings. The third-order valence-electron chi connectivity index (χ3n) is 4.22. The standard InChI is InChI=1S/C18H27N3O3/c1-15(22)21(12-13-24-2)14-18(23)19-16-6-8-17(9-7-16)20-10-4-3-5-11-20/h6-9H,3-5,10-14H2,1-2H3,(H,19,23). The smallest absolute Gasteiger partial charge is 0.243 e. The van der Waals surface area contributed by atoms with Gasteiger partial charge in [0.2, 0.25) is 11.8 Å². The average molecular weight is 333 g/mol. The fourth-order valence-electron chi connectivity index (χ4n) is 2.83. The number of anilines is 2. The van der Waals surface area contributed by atoms with Crippen molar-refractivity contribution in [3.05, 3.63) is 24.3 Å². The summed E-state index contributed by atoms with van der Waals surface area (Å²) >= 11 is 0. The monoisotopic (exact) mass is 333 g/mol. The molecule has 2 rings (SSSR count). The summed E-state index contributed by atoms with van der Waals surface area (Å²) in [6, 6.07) is 7.90. The highest BCUT2D eigenvalue weighted by Gasteiger charge is 2.14. The second-order valence-electron chi connectivity index (χ2n) is 6.08. The van der Waals surface area contributed by atoms with Gasteiger partial charge >= 0.3 is 0 Å². The average Bonchev–Trinajstić information content (AvgIpc) is 2.59. The minimum absolute atomic E-state index is 0.0343. The topological polar surface area (TPSA) is 61.9 Å². The highest BCUT2D eigenvalue weighted by molar-refractivity contribution is 5.94. The number of carbonyl (C=O) groups excluding carboxylic acids is 2. The normalized spacial score (nSPS) is 14.3. The van der Waals surface area contributed by atoms with Gasteiger partial charge in [-0.2, -0.15) is 0 Å². The molecule has 2 amide bonds. The minimum atomic E-state index is -0.202. The number of methoxy groups -OCH3 is 1. The quantitative estimate of drug-likeness (QED) is 0.830. The maximum absolute atomic E-state index is 12.1. The molecule has 0 unspecified atom stereocenters. The number of nitrogens with zero attached hydrogens (tertiary/aromatic N) is 2. The van der Waals surface area contributed by atoms with Crippen LogP contribution >= 0.6 is 0 Å². The summed E-state index contributed by atoms with van der Waals surface area (Å²) in [5.41, 5.74) is 1.94. The predicted molar refractivity (Wildman–Crippen MR) is 95.3 cm³/mol. The lowest BCUT2D eigenvalue weighted by Crippen LogP contribution is -2.38. The van der Waals surface area contributed by atoms with Gasteiger partial charge in [0.1, 0.15) is 0 Å². The number of hydrogen-bond acceptors (Lipinski definition) is 4. The zero-order valence-corrected chi connectivity index (χ0v) is 14.6. The van der Waals surface area contributed by atoms with Gasteiger partial charge in [0.05, 0.1) is 13.2 Å². The van der Waals surface area contributed by atoms with Crippen molar-refractivity contribution in [3.8, 4) is 0 Å². The summed E-state index contributed by atoms with van der Waals surface area (Å²) < 4.78 is 4.96. The zero-order valence-electron chi connectivity index (χ0n) is 14.6. The Balaban J connectivity index is 1.87. The van der Waals surface area contributed by atoms with Crippen LogP contribution in [0.2, 0.25) is 0 Å². The molecular formula is C18H27N3O3. The molecule has 1 heterocycles. The fraction of sp³-hybridized carbons (Fsp3) is 0.556. The maximum atomic E-state index is 12.1. The number of carbonyl (C=O) groups is 2. The van der Waals surface area contributed by atoms with Crippen LogP contribution in [0.15, 0.2) is 24.3 Å². The van der Waals surface area contributed by atoms with Gasteiger partial charge in [0.15, 0.2) is 0 Å². The number of benzene rings is 1. The molecule has 0 spiro atoms. The summed E-state index contributed by atoms with van der Waals surface area (Å²) in [5.74, 6) is -0.338. The molecule has 0 radical (unpaired) electrons. The third kappa shape index (κ3) is 5.53. The van der Waals surface area contributed by atoms with E-state index in [9.17, 15) is 9.59 Å². The van der Waals surface area contributed by atoms with E-state index >= 15 is 0 Å². The molecule has 0 saturated carbocycles. The lowest BCUT2D eigenvalue weighted by molar-refractivity contribution is -0.133. The van der Waals surface area contributed by atoms with E-state index in [1.165, 1.54) is 36.8 Å². The van der Waals surface area contributed by atoms with E-state index in [1.807, 2.05) is 24.3 Å². The molecule has 1 aromatic rings. The van der Waals surface area contributed by atoms with Crippen molar-refractivity contribution in [2.24, 2.45) is 0 Å². The molecule has 6 heteroatoms. The van der Waals surface area contributed by atoms with E-state index in [4.69, 9.17) is 4.74 Å². The Kier molecular flexibility index (Phi) is 7.06. The Morgan fingerprint density at radius 2 is 1.83 bits per heavy atom. The van der Waals surface area contributed by atoms with E-state index in [0.29, 0.717) is 13.2 Å². The summed E-state index contributed by atoms with van der Waals surface area (Å²) in [5, 5.41) is 2.84. The van der Waals surface area contributed by atoms with Gasteiger partial charge in [0.25, 0.3) is 0 Å². The van der Waals surface area contributed by atoms with Crippen LogP contribution in [0.4, 0.5) is 11.4 Å². The van der Waals surface area contributed by atoms with Crippen LogP contribution in [-0.4, -0.2) is 56.6 Å². The molecule has 1 N–H and O–H groups in total. The van der Waals surface area contributed by atoms with Crippen LogP contribution in [-0.2, 0) is 14.3 Å². The highest BCUT2D eigenvalue weighted by Crippen LogP contribution is 2.21. The molecule has 132 valence electrons. The van der Waals surface area contributed by atoms with Crippen molar-refractivity contribution < 1.29 is 14.3 Å². The van der Waals surface area contributed by atoms with Crippen LogP contribution in [0, 0.1) is 0 Å². The van der Waals surface area contributed by atoms with E-state index in [0.717, 1.165) is 18.8 Å². The summed E-state index contributed by atoms with van der Waals surface area (Å²) in [4.78, 5) is 27.5. The van der Waals surface area contributed by atoms with Gasteiger partial charge in [-0.3, -0.25) is 9.59 Å². The zero-order chi connectivity index (χ0) is 17.4. The second kappa shape index (κ2) is 9.27. The molecule has 1 aromatic carbocycles. The van der Waals surface area contributed by atoms with Gasteiger partial charge in [-0.1, -0.05) is 0 Å². The van der Waals surface area contributed by atoms with Gasteiger partial charge in [0, 0.05) is 45.0 Å². The Morgan fingerprint density at radius 1 is 1.17 bits per heavy atom. The first-order chi connectivity index (χ1) is 11.6. The van der Waals surface area contributed by atoms with Gasteiger partial charge in [-0.05, 0) is 43.5 Å². The molecule has 0 bridgehead atoms. The molecule has 6 nitrogen and oxygen atoms in total. The van der Waals surface area contributed by atoms with Crippen molar-refractivity contribution in [2.45, 2.75) is 26.2 Å². The largest absolute Gasteiger partial charge is 0.383 e. The maximum Gasteiger partial charge on any atom is 0.243 e. The first-order valence-corrected chi connectivity index (χ1v) is 8.49. The molecule has 1 saturated heterocycles. The molecule has 0 atom stereocenters. The van der Waals surface area contributed by atoms with Crippen LogP contribution in [0.5, 0.6) is 0 Å². The van der Waals surface area contributed by atoms with E-state index in [-0.39, 0.29) is 18.4 Å².